The van der Waals surface area contributed by atoms with Gasteiger partial charge >= 0.3 is 6.03 Å². The molecule has 180 valence electrons. The summed E-state index contributed by atoms with van der Waals surface area (Å²) in [6.45, 7) is 0.697. The molecule has 32 heavy (non-hydrogen) atoms. The summed E-state index contributed by atoms with van der Waals surface area (Å²) in [7, 11) is -2.30. The fourth-order valence-corrected chi connectivity index (χ4v) is 6.29. The Kier molecular flexibility index (Phi) is 6.98. The van der Waals surface area contributed by atoms with Crippen LogP contribution in [0.4, 0.5) is 4.79 Å². The van der Waals surface area contributed by atoms with Gasteiger partial charge < -0.3 is 9.80 Å². The summed E-state index contributed by atoms with van der Waals surface area (Å²) in [5.74, 6) is -0.196. The number of sulfone groups is 2. The number of benzene rings is 1. The zero-order valence-electron chi connectivity index (χ0n) is 19.5. The van der Waals surface area contributed by atoms with Crippen molar-refractivity contribution >= 4 is 25.7 Å². The fraction of sp³-hybridized carbons (Fsp3) is 0.682. The molecule has 1 aromatic carbocycles. The van der Waals surface area contributed by atoms with Gasteiger partial charge in [0.1, 0.15) is 19.7 Å². The summed E-state index contributed by atoms with van der Waals surface area (Å²) in [5.41, 5.74) is 0.604. The number of nitrogens with zero attached hydrogens (tertiary/aromatic N) is 3. The van der Waals surface area contributed by atoms with Crippen LogP contribution in [0.5, 0.6) is 0 Å². The number of carbonyl (C=O) groups excluding carboxylic acids is 1. The van der Waals surface area contributed by atoms with Crippen molar-refractivity contribution in [1.82, 2.24) is 14.7 Å². The molecular formula is C22H35N3O5S2. The molecule has 0 atom stereocenters. The summed E-state index contributed by atoms with van der Waals surface area (Å²) in [6, 6.07) is 10.1. The molecular weight excluding hydrogens is 450 g/mol. The van der Waals surface area contributed by atoms with E-state index in [1.807, 2.05) is 18.2 Å². The van der Waals surface area contributed by atoms with Crippen LogP contribution in [-0.4, -0.2) is 101 Å². The number of rotatable bonds is 8. The molecule has 1 saturated heterocycles. The van der Waals surface area contributed by atoms with Gasteiger partial charge in [0.05, 0.1) is 17.0 Å². The average Bonchev–Trinajstić information content (AvgIpc) is 2.96. The Hall–Kier alpha value is -1.65. The van der Waals surface area contributed by atoms with Gasteiger partial charge in [0.15, 0.2) is 0 Å². The van der Waals surface area contributed by atoms with Crippen molar-refractivity contribution in [1.29, 1.82) is 0 Å². The molecule has 8 nitrogen and oxygen atoms in total. The molecule has 3 rings (SSSR count). The maximum absolute atomic E-state index is 13.2. The van der Waals surface area contributed by atoms with E-state index in [-0.39, 0.29) is 36.2 Å². The van der Waals surface area contributed by atoms with Crippen LogP contribution in [0.25, 0.3) is 0 Å². The van der Waals surface area contributed by atoms with E-state index in [0.717, 1.165) is 31.9 Å². The van der Waals surface area contributed by atoms with Gasteiger partial charge in [-0.1, -0.05) is 30.3 Å². The van der Waals surface area contributed by atoms with E-state index in [2.05, 4.69) is 31.1 Å². The van der Waals surface area contributed by atoms with Crippen LogP contribution >= 0.6 is 0 Å². The third kappa shape index (κ3) is 5.28. The SMILES string of the molecule is CN(C)C1(c2ccccc2)CCC2(CC1)CN(CCS(C)(=O)=O)C(=O)N2CCS(C)(=O)=O. The summed E-state index contributed by atoms with van der Waals surface area (Å²) in [4.78, 5) is 18.8. The summed E-state index contributed by atoms with van der Waals surface area (Å²) in [5, 5.41) is 0. The van der Waals surface area contributed by atoms with Crippen LogP contribution in [-0.2, 0) is 25.2 Å². The van der Waals surface area contributed by atoms with Crippen LogP contribution in [0.3, 0.4) is 0 Å². The standard InChI is InChI=1S/C22H35N3O5S2/c1-23(2)22(19-8-6-5-7-9-19)12-10-21(11-13-22)18-24(14-16-31(3,27)28)20(26)25(21)15-17-32(4,29)30/h5-9H,10-18H2,1-4H3. The summed E-state index contributed by atoms with van der Waals surface area (Å²) >= 11 is 0. The third-order valence-corrected chi connectivity index (χ3v) is 9.00. The van der Waals surface area contributed by atoms with Crippen LogP contribution < -0.4 is 0 Å². The fourth-order valence-electron chi connectivity index (χ4n) is 5.22. The predicted octanol–water partition coefficient (Wildman–Crippen LogP) is 1.58. The highest BCUT2D eigenvalue weighted by Crippen LogP contribution is 2.48. The number of hydrogen-bond acceptors (Lipinski definition) is 6. The molecule has 1 aromatic rings. The van der Waals surface area contributed by atoms with Crippen LogP contribution in [0, 0.1) is 0 Å². The first kappa shape index (κ1) is 25.0. The molecule has 1 saturated carbocycles. The highest BCUT2D eigenvalue weighted by atomic mass is 32.2. The topological polar surface area (TPSA) is 95.1 Å². The maximum atomic E-state index is 13.2. The van der Waals surface area contributed by atoms with E-state index in [0.29, 0.717) is 6.54 Å². The Bertz CT molecular complexity index is 1030. The molecule has 1 heterocycles. The van der Waals surface area contributed by atoms with Gasteiger partial charge in [-0.2, -0.15) is 0 Å². The normalized spacial score (nSPS) is 27.0. The molecule has 1 aliphatic heterocycles. The number of hydrogen-bond donors (Lipinski definition) is 0. The molecule has 0 radical (unpaired) electrons. The third-order valence-electron chi connectivity index (χ3n) is 7.15. The average molecular weight is 486 g/mol. The lowest BCUT2D eigenvalue weighted by molar-refractivity contribution is 0.0265. The molecule has 1 aliphatic carbocycles. The molecule has 2 aliphatic rings. The minimum Gasteiger partial charge on any atom is -0.321 e. The first-order valence-corrected chi connectivity index (χ1v) is 15.1. The van der Waals surface area contributed by atoms with Gasteiger partial charge in [-0.3, -0.25) is 4.90 Å². The minimum absolute atomic E-state index is 0.0968. The number of urea groups is 1. The highest BCUT2D eigenvalue weighted by Gasteiger charge is 2.54. The van der Waals surface area contributed by atoms with Crippen molar-refractivity contribution in [2.24, 2.45) is 0 Å². The van der Waals surface area contributed by atoms with Crippen LogP contribution in [0.1, 0.15) is 31.2 Å². The van der Waals surface area contributed by atoms with E-state index in [9.17, 15) is 21.6 Å². The van der Waals surface area contributed by atoms with Gasteiger partial charge in [0, 0.05) is 37.7 Å². The molecule has 0 bridgehead atoms. The molecule has 2 amide bonds. The van der Waals surface area contributed by atoms with Crippen molar-refractivity contribution < 1.29 is 21.6 Å². The van der Waals surface area contributed by atoms with E-state index < -0.39 is 25.2 Å². The molecule has 0 N–H and O–H groups in total. The summed E-state index contributed by atoms with van der Waals surface area (Å²) in [6.07, 6.45) is 5.45. The Morgan fingerprint density at radius 1 is 0.875 bits per heavy atom. The van der Waals surface area contributed by atoms with E-state index in [1.165, 1.54) is 11.8 Å². The van der Waals surface area contributed by atoms with Crippen molar-refractivity contribution in [3.63, 3.8) is 0 Å². The predicted molar refractivity (Wildman–Crippen MR) is 126 cm³/mol. The second-order valence-corrected chi connectivity index (χ2v) is 14.2. The number of carbonyl (C=O) groups is 1. The monoisotopic (exact) mass is 485 g/mol. The molecule has 0 unspecified atom stereocenters. The Balaban J connectivity index is 1.87. The van der Waals surface area contributed by atoms with Crippen LogP contribution in [0.2, 0.25) is 0 Å². The van der Waals surface area contributed by atoms with Crippen molar-refractivity contribution in [2.75, 3.05) is 57.7 Å². The van der Waals surface area contributed by atoms with Gasteiger partial charge in [0.2, 0.25) is 0 Å². The second kappa shape index (κ2) is 8.95. The maximum Gasteiger partial charge on any atom is 0.320 e. The van der Waals surface area contributed by atoms with E-state index in [4.69, 9.17) is 0 Å². The van der Waals surface area contributed by atoms with Gasteiger partial charge in [0.25, 0.3) is 0 Å². The highest BCUT2D eigenvalue weighted by molar-refractivity contribution is 7.90. The summed E-state index contributed by atoms with van der Waals surface area (Å²) < 4.78 is 47.1. The molecule has 2 fully saturated rings. The molecule has 1 spiro atoms. The first-order chi connectivity index (χ1) is 14.8. The zero-order chi connectivity index (χ0) is 23.8. The Morgan fingerprint density at radius 3 is 1.91 bits per heavy atom. The molecule has 0 aromatic heterocycles. The zero-order valence-corrected chi connectivity index (χ0v) is 21.1. The number of amides is 2. The van der Waals surface area contributed by atoms with Crippen LogP contribution in [0.15, 0.2) is 30.3 Å². The van der Waals surface area contributed by atoms with Gasteiger partial charge in [-0.15, -0.1) is 0 Å². The molecule has 10 heteroatoms. The lowest BCUT2D eigenvalue weighted by Gasteiger charge is -2.51. The van der Waals surface area contributed by atoms with Gasteiger partial charge in [-0.05, 0) is 45.3 Å². The first-order valence-electron chi connectivity index (χ1n) is 10.9. The second-order valence-electron chi connectivity index (χ2n) is 9.63. The van der Waals surface area contributed by atoms with Crippen molar-refractivity contribution in [3.05, 3.63) is 35.9 Å². The van der Waals surface area contributed by atoms with E-state index >= 15 is 0 Å². The van der Waals surface area contributed by atoms with Crippen molar-refractivity contribution in [3.8, 4) is 0 Å². The minimum atomic E-state index is -3.24. The van der Waals surface area contributed by atoms with Crippen molar-refractivity contribution in [2.45, 2.75) is 36.8 Å². The van der Waals surface area contributed by atoms with E-state index in [1.54, 1.807) is 9.80 Å². The largest absolute Gasteiger partial charge is 0.321 e. The quantitative estimate of drug-likeness (QED) is 0.555. The lowest BCUT2D eigenvalue weighted by atomic mass is 9.68. The Labute approximate surface area is 192 Å². The lowest BCUT2D eigenvalue weighted by Crippen LogP contribution is -2.56. The van der Waals surface area contributed by atoms with Gasteiger partial charge in [-0.25, -0.2) is 21.6 Å². The smallest absolute Gasteiger partial charge is 0.320 e. The Morgan fingerprint density at radius 2 is 1.41 bits per heavy atom.